The Morgan fingerprint density at radius 2 is 2.10 bits per heavy atom. The Morgan fingerprint density at radius 3 is 2.76 bits per heavy atom. The molecule has 0 heterocycles. The van der Waals surface area contributed by atoms with Gasteiger partial charge in [-0.3, -0.25) is 0 Å². The van der Waals surface area contributed by atoms with Crippen LogP contribution >= 0.6 is 15.9 Å². The Balaban J connectivity index is 1.62. The summed E-state index contributed by atoms with van der Waals surface area (Å²) in [7, 11) is 0. The van der Waals surface area contributed by atoms with Gasteiger partial charge in [0, 0.05) is 17.1 Å². The quantitative estimate of drug-likeness (QED) is 0.782. The van der Waals surface area contributed by atoms with Crippen molar-refractivity contribution in [1.29, 1.82) is 0 Å². The normalized spacial score (nSPS) is 23.8. The van der Waals surface area contributed by atoms with Crippen molar-refractivity contribution in [3.8, 4) is 5.75 Å². The molecule has 2 N–H and O–H groups in total. The topological polar surface area (TPSA) is 41.5 Å². The van der Waals surface area contributed by atoms with E-state index < -0.39 is 6.10 Å². The lowest BCUT2D eigenvalue weighted by atomic mass is 9.84. The number of nitrogens with one attached hydrogen (secondary N) is 1. The van der Waals surface area contributed by atoms with E-state index in [1.807, 2.05) is 24.3 Å². The summed E-state index contributed by atoms with van der Waals surface area (Å²) < 4.78 is 6.59. The molecule has 1 unspecified atom stereocenters. The highest BCUT2D eigenvalue weighted by Crippen LogP contribution is 2.26. The van der Waals surface area contributed by atoms with E-state index in [1.165, 1.54) is 32.1 Å². The zero-order chi connectivity index (χ0) is 15.1. The van der Waals surface area contributed by atoms with Gasteiger partial charge in [0.1, 0.15) is 18.5 Å². The van der Waals surface area contributed by atoms with Crippen LogP contribution in [0.3, 0.4) is 0 Å². The van der Waals surface area contributed by atoms with Crippen molar-refractivity contribution in [2.45, 2.75) is 51.2 Å². The average Bonchev–Trinajstić information content (AvgIpc) is 2.51. The fraction of sp³-hybridized carbons (Fsp3) is 0.647. The van der Waals surface area contributed by atoms with Crippen LogP contribution in [-0.2, 0) is 0 Å². The summed E-state index contributed by atoms with van der Waals surface area (Å²) in [6, 6.07) is 8.25. The summed E-state index contributed by atoms with van der Waals surface area (Å²) in [6.07, 6.45) is 5.94. The Bertz CT molecular complexity index is 419. The zero-order valence-corrected chi connectivity index (χ0v) is 14.3. The van der Waals surface area contributed by atoms with Crippen LogP contribution in [-0.4, -0.2) is 30.4 Å². The van der Waals surface area contributed by atoms with Crippen LogP contribution in [0, 0.1) is 5.92 Å². The molecule has 4 heteroatoms. The average molecular weight is 356 g/mol. The van der Waals surface area contributed by atoms with Crippen molar-refractivity contribution in [2.24, 2.45) is 5.92 Å². The van der Waals surface area contributed by atoms with E-state index in [0.717, 1.165) is 16.1 Å². The van der Waals surface area contributed by atoms with Gasteiger partial charge in [0.15, 0.2) is 0 Å². The number of benzene rings is 1. The molecule has 0 aromatic heterocycles. The van der Waals surface area contributed by atoms with Gasteiger partial charge in [-0.25, -0.2) is 0 Å². The molecule has 1 fully saturated rings. The van der Waals surface area contributed by atoms with Gasteiger partial charge >= 0.3 is 0 Å². The minimum Gasteiger partial charge on any atom is -0.491 e. The Hall–Kier alpha value is -0.580. The molecule has 0 bridgehead atoms. The van der Waals surface area contributed by atoms with Gasteiger partial charge in [0.05, 0.1) is 0 Å². The van der Waals surface area contributed by atoms with Crippen LogP contribution in [0.15, 0.2) is 28.7 Å². The third-order valence-electron chi connectivity index (χ3n) is 4.30. The van der Waals surface area contributed by atoms with Crippen LogP contribution < -0.4 is 10.1 Å². The number of aliphatic hydroxyl groups is 1. The SMILES string of the molecule is CCC1CCC(NCC(O)COc2cccc(Br)c2)CC1. The molecule has 3 nitrogen and oxygen atoms in total. The van der Waals surface area contributed by atoms with E-state index in [1.54, 1.807) is 0 Å². The van der Waals surface area contributed by atoms with Crippen LogP contribution in [0.5, 0.6) is 5.75 Å². The second-order valence-corrected chi connectivity index (χ2v) is 6.87. The first kappa shape index (κ1) is 16.8. The number of rotatable bonds is 7. The first-order valence-corrected chi connectivity index (χ1v) is 8.76. The molecule has 118 valence electrons. The van der Waals surface area contributed by atoms with Crippen molar-refractivity contribution in [3.63, 3.8) is 0 Å². The lowest BCUT2D eigenvalue weighted by Crippen LogP contribution is -2.39. The number of aliphatic hydroxyl groups excluding tert-OH is 1. The van der Waals surface area contributed by atoms with Gasteiger partial charge in [-0.2, -0.15) is 0 Å². The molecular weight excluding hydrogens is 330 g/mol. The highest BCUT2D eigenvalue weighted by Gasteiger charge is 2.20. The van der Waals surface area contributed by atoms with Gasteiger partial charge in [-0.15, -0.1) is 0 Å². The van der Waals surface area contributed by atoms with Crippen molar-refractivity contribution in [1.82, 2.24) is 5.32 Å². The highest BCUT2D eigenvalue weighted by molar-refractivity contribution is 9.10. The molecule has 1 aromatic carbocycles. The molecule has 0 amide bonds. The summed E-state index contributed by atoms with van der Waals surface area (Å²) in [5.41, 5.74) is 0. The van der Waals surface area contributed by atoms with Crippen molar-refractivity contribution in [2.75, 3.05) is 13.2 Å². The summed E-state index contributed by atoms with van der Waals surface area (Å²) in [6.45, 7) is 3.21. The van der Waals surface area contributed by atoms with Gasteiger partial charge in [-0.1, -0.05) is 35.3 Å². The van der Waals surface area contributed by atoms with Crippen LogP contribution in [0.2, 0.25) is 0 Å². The van der Waals surface area contributed by atoms with E-state index >= 15 is 0 Å². The van der Waals surface area contributed by atoms with Gasteiger partial charge < -0.3 is 15.2 Å². The molecule has 2 rings (SSSR count). The molecule has 1 aliphatic carbocycles. The van der Waals surface area contributed by atoms with Gasteiger partial charge in [-0.05, 0) is 49.8 Å². The maximum atomic E-state index is 10.0. The summed E-state index contributed by atoms with van der Waals surface area (Å²) in [5.74, 6) is 1.69. The predicted molar refractivity (Wildman–Crippen MR) is 89.7 cm³/mol. The summed E-state index contributed by atoms with van der Waals surface area (Å²) in [4.78, 5) is 0. The van der Waals surface area contributed by atoms with E-state index in [9.17, 15) is 5.11 Å². The number of ether oxygens (including phenoxy) is 1. The van der Waals surface area contributed by atoms with Crippen molar-refractivity contribution >= 4 is 15.9 Å². The minimum atomic E-state index is -0.465. The molecular formula is C17H26BrNO2. The second-order valence-electron chi connectivity index (χ2n) is 5.96. The van der Waals surface area contributed by atoms with E-state index in [0.29, 0.717) is 19.2 Å². The van der Waals surface area contributed by atoms with E-state index in [2.05, 4.69) is 28.2 Å². The highest BCUT2D eigenvalue weighted by atomic mass is 79.9. The number of halogens is 1. The van der Waals surface area contributed by atoms with Crippen molar-refractivity contribution in [3.05, 3.63) is 28.7 Å². The van der Waals surface area contributed by atoms with Crippen molar-refractivity contribution < 1.29 is 9.84 Å². The first-order valence-electron chi connectivity index (χ1n) is 7.97. The predicted octanol–water partition coefficient (Wildman–Crippen LogP) is 3.75. The van der Waals surface area contributed by atoms with Crippen LogP contribution in [0.4, 0.5) is 0 Å². The summed E-state index contributed by atoms with van der Waals surface area (Å²) in [5, 5.41) is 13.5. The third kappa shape index (κ3) is 5.97. The number of hydrogen-bond acceptors (Lipinski definition) is 3. The fourth-order valence-electron chi connectivity index (χ4n) is 2.89. The molecule has 1 aliphatic rings. The minimum absolute atomic E-state index is 0.327. The monoisotopic (exact) mass is 355 g/mol. The molecule has 21 heavy (non-hydrogen) atoms. The molecule has 1 aromatic rings. The maximum absolute atomic E-state index is 10.0. The zero-order valence-electron chi connectivity index (χ0n) is 12.7. The van der Waals surface area contributed by atoms with Crippen LogP contribution in [0.25, 0.3) is 0 Å². The van der Waals surface area contributed by atoms with E-state index in [-0.39, 0.29) is 0 Å². The Morgan fingerprint density at radius 1 is 1.33 bits per heavy atom. The Labute approximate surface area is 136 Å². The van der Waals surface area contributed by atoms with Crippen LogP contribution in [0.1, 0.15) is 39.0 Å². The molecule has 1 atom stereocenters. The number of hydrogen-bond donors (Lipinski definition) is 2. The molecule has 0 aliphatic heterocycles. The molecule has 0 radical (unpaired) electrons. The first-order chi connectivity index (χ1) is 10.2. The molecule has 0 spiro atoms. The standard InChI is InChI=1S/C17H26BrNO2/c1-2-13-6-8-15(9-7-13)19-11-16(20)12-21-17-5-3-4-14(18)10-17/h3-5,10,13,15-16,19-20H,2,6-9,11-12H2,1H3. The maximum Gasteiger partial charge on any atom is 0.120 e. The Kier molecular flexibility index (Phi) is 7.00. The molecule has 0 saturated heterocycles. The second kappa shape index (κ2) is 8.76. The fourth-order valence-corrected chi connectivity index (χ4v) is 3.26. The van der Waals surface area contributed by atoms with Gasteiger partial charge in [0.2, 0.25) is 0 Å². The van der Waals surface area contributed by atoms with Gasteiger partial charge in [0.25, 0.3) is 0 Å². The largest absolute Gasteiger partial charge is 0.491 e. The lowest BCUT2D eigenvalue weighted by molar-refractivity contribution is 0.100. The third-order valence-corrected chi connectivity index (χ3v) is 4.80. The summed E-state index contributed by atoms with van der Waals surface area (Å²) >= 11 is 3.41. The smallest absolute Gasteiger partial charge is 0.120 e. The molecule has 1 saturated carbocycles. The van der Waals surface area contributed by atoms with E-state index in [4.69, 9.17) is 4.74 Å². The lowest BCUT2D eigenvalue weighted by Gasteiger charge is -2.29.